The zero-order valence-corrected chi connectivity index (χ0v) is 11.6. The first-order valence-electron chi connectivity index (χ1n) is 5.32. The average Bonchev–Trinajstić information content (AvgIpc) is 2.39. The molecule has 0 aliphatic carbocycles. The van der Waals surface area contributed by atoms with Gasteiger partial charge in [-0.2, -0.15) is 0 Å². The van der Waals surface area contributed by atoms with Crippen molar-refractivity contribution >= 4 is 33.5 Å². The molecule has 0 saturated heterocycles. The van der Waals surface area contributed by atoms with Gasteiger partial charge in [-0.1, -0.05) is 22.9 Å². The van der Waals surface area contributed by atoms with Crippen LogP contribution in [0.1, 0.15) is 23.7 Å². The molecule has 1 N–H and O–H groups in total. The van der Waals surface area contributed by atoms with Gasteiger partial charge in [-0.15, -0.1) is 0 Å². The number of rotatable bonds is 4. The van der Waals surface area contributed by atoms with Gasteiger partial charge in [0.05, 0.1) is 23.2 Å². The average molecular weight is 318 g/mol. The van der Waals surface area contributed by atoms with E-state index in [-0.39, 0.29) is 17.2 Å². The van der Waals surface area contributed by atoms with Crippen molar-refractivity contribution in [1.29, 1.82) is 0 Å². The normalized spacial score (nSPS) is 11.8. The van der Waals surface area contributed by atoms with E-state index in [9.17, 15) is 14.0 Å². The van der Waals surface area contributed by atoms with Crippen LogP contribution in [0.15, 0.2) is 18.2 Å². The fourth-order valence-electron chi connectivity index (χ4n) is 1.26. The van der Waals surface area contributed by atoms with E-state index in [1.54, 1.807) is 0 Å². The molecule has 18 heavy (non-hydrogen) atoms. The zero-order chi connectivity index (χ0) is 13.7. The largest absolute Gasteiger partial charge is 0.465 e. The van der Waals surface area contributed by atoms with Crippen LogP contribution in [0.5, 0.6) is 0 Å². The lowest BCUT2D eigenvalue weighted by atomic mass is 10.2. The molecular weight excluding hydrogens is 305 g/mol. The van der Waals surface area contributed by atoms with Crippen molar-refractivity contribution < 1.29 is 18.7 Å². The smallest absolute Gasteiger partial charge is 0.337 e. The molecule has 0 aliphatic rings. The molecule has 0 fully saturated rings. The first-order valence-corrected chi connectivity index (χ1v) is 6.24. The highest BCUT2D eigenvalue weighted by Gasteiger charge is 2.16. The number of nitrogens with one attached hydrogen (secondary N) is 1. The van der Waals surface area contributed by atoms with Gasteiger partial charge in [0.25, 0.3) is 0 Å². The van der Waals surface area contributed by atoms with Gasteiger partial charge in [-0.25, -0.2) is 9.18 Å². The Balaban J connectivity index is 2.94. The van der Waals surface area contributed by atoms with E-state index in [0.29, 0.717) is 6.42 Å². The van der Waals surface area contributed by atoms with E-state index in [0.717, 1.165) is 6.07 Å². The molecule has 4 nitrogen and oxygen atoms in total. The van der Waals surface area contributed by atoms with Crippen molar-refractivity contribution in [2.75, 3.05) is 12.4 Å². The van der Waals surface area contributed by atoms with Gasteiger partial charge in [0.2, 0.25) is 5.91 Å². The molecule has 1 aromatic carbocycles. The number of benzene rings is 1. The third-order valence-electron chi connectivity index (χ3n) is 2.29. The molecule has 1 rings (SSSR count). The highest BCUT2D eigenvalue weighted by molar-refractivity contribution is 9.10. The third kappa shape index (κ3) is 3.53. The minimum Gasteiger partial charge on any atom is -0.465 e. The number of carbonyl (C=O) groups is 2. The highest BCUT2D eigenvalue weighted by atomic mass is 79.9. The second kappa shape index (κ2) is 6.49. The molecule has 1 unspecified atom stereocenters. The van der Waals surface area contributed by atoms with Crippen molar-refractivity contribution in [3.63, 3.8) is 0 Å². The molecule has 0 heterocycles. The van der Waals surface area contributed by atoms with Crippen molar-refractivity contribution in [1.82, 2.24) is 0 Å². The molecule has 1 amide bonds. The number of anilines is 1. The summed E-state index contributed by atoms with van der Waals surface area (Å²) in [4.78, 5) is 22.5. The van der Waals surface area contributed by atoms with Crippen LogP contribution in [0.2, 0.25) is 0 Å². The number of methoxy groups -OCH3 is 1. The van der Waals surface area contributed by atoms with Gasteiger partial charge in [0.1, 0.15) is 5.82 Å². The summed E-state index contributed by atoms with van der Waals surface area (Å²) in [6.07, 6.45) is 0.574. The van der Waals surface area contributed by atoms with Crippen LogP contribution >= 0.6 is 15.9 Å². The van der Waals surface area contributed by atoms with E-state index in [4.69, 9.17) is 0 Å². The summed E-state index contributed by atoms with van der Waals surface area (Å²) in [5.41, 5.74) is 0.137. The molecule has 0 spiro atoms. The molecule has 1 aromatic rings. The maximum absolute atomic E-state index is 13.5. The standard InChI is InChI=1S/C12H13BrFNO3/c1-3-8(13)11(16)15-10-6-7(12(17)18-2)4-5-9(10)14/h4-6,8H,3H2,1-2H3,(H,15,16). The second-order valence-corrected chi connectivity index (χ2v) is 4.66. The number of amides is 1. The van der Waals surface area contributed by atoms with Gasteiger partial charge in [-0.05, 0) is 24.6 Å². The molecule has 6 heteroatoms. The third-order valence-corrected chi connectivity index (χ3v) is 3.35. The molecular formula is C12H13BrFNO3. The summed E-state index contributed by atoms with van der Waals surface area (Å²) in [5.74, 6) is -1.55. The van der Waals surface area contributed by atoms with E-state index in [1.807, 2.05) is 6.92 Å². The number of ether oxygens (including phenoxy) is 1. The van der Waals surface area contributed by atoms with Gasteiger partial charge < -0.3 is 10.1 Å². The lowest BCUT2D eigenvalue weighted by Crippen LogP contribution is -2.22. The number of halogens is 2. The zero-order valence-electron chi connectivity index (χ0n) is 10.00. The van der Waals surface area contributed by atoms with E-state index < -0.39 is 16.6 Å². The fraction of sp³-hybridized carbons (Fsp3) is 0.333. The van der Waals surface area contributed by atoms with Crippen LogP contribution in [0.3, 0.4) is 0 Å². The maximum atomic E-state index is 13.5. The molecule has 98 valence electrons. The number of hydrogen-bond donors (Lipinski definition) is 1. The minimum absolute atomic E-state index is 0.0409. The van der Waals surface area contributed by atoms with Crippen LogP contribution in [-0.4, -0.2) is 23.8 Å². The molecule has 0 aromatic heterocycles. The van der Waals surface area contributed by atoms with Crippen molar-refractivity contribution in [3.05, 3.63) is 29.6 Å². The minimum atomic E-state index is -0.605. The topological polar surface area (TPSA) is 55.4 Å². The molecule has 0 radical (unpaired) electrons. The van der Waals surface area contributed by atoms with Crippen molar-refractivity contribution in [3.8, 4) is 0 Å². The van der Waals surface area contributed by atoms with Gasteiger partial charge in [-0.3, -0.25) is 4.79 Å². The quantitative estimate of drug-likeness (QED) is 0.686. The van der Waals surface area contributed by atoms with Gasteiger partial charge >= 0.3 is 5.97 Å². The van der Waals surface area contributed by atoms with E-state index in [1.165, 1.54) is 19.2 Å². The van der Waals surface area contributed by atoms with Crippen molar-refractivity contribution in [2.24, 2.45) is 0 Å². The lowest BCUT2D eigenvalue weighted by Gasteiger charge is -2.10. The maximum Gasteiger partial charge on any atom is 0.337 e. The van der Waals surface area contributed by atoms with Crippen LogP contribution in [-0.2, 0) is 9.53 Å². The molecule has 0 saturated carbocycles. The summed E-state index contributed by atoms with van der Waals surface area (Å²) < 4.78 is 18.0. The van der Waals surface area contributed by atoms with Gasteiger partial charge in [0, 0.05) is 0 Å². The Morgan fingerprint density at radius 3 is 2.72 bits per heavy atom. The van der Waals surface area contributed by atoms with Crippen molar-refractivity contribution in [2.45, 2.75) is 18.2 Å². The molecule has 0 bridgehead atoms. The Bertz CT molecular complexity index is 465. The summed E-state index contributed by atoms with van der Waals surface area (Å²) in [6, 6.07) is 3.65. The van der Waals surface area contributed by atoms with E-state index >= 15 is 0 Å². The van der Waals surface area contributed by atoms with Crippen LogP contribution in [0.25, 0.3) is 0 Å². The van der Waals surface area contributed by atoms with Crippen LogP contribution in [0, 0.1) is 5.82 Å². The molecule has 0 aliphatic heterocycles. The van der Waals surface area contributed by atoms with E-state index in [2.05, 4.69) is 26.0 Å². The predicted octanol–water partition coefficient (Wildman–Crippen LogP) is 2.72. The first-order chi connectivity index (χ1) is 8.49. The number of hydrogen-bond acceptors (Lipinski definition) is 3. The summed E-state index contributed by atoms with van der Waals surface area (Å²) in [5, 5.41) is 2.41. The Hall–Kier alpha value is -1.43. The fourth-order valence-corrected chi connectivity index (χ4v) is 1.38. The monoisotopic (exact) mass is 317 g/mol. The summed E-state index contributed by atoms with van der Waals surface area (Å²) in [7, 11) is 1.23. The second-order valence-electron chi connectivity index (χ2n) is 3.55. The predicted molar refractivity (Wildman–Crippen MR) is 69.4 cm³/mol. The van der Waals surface area contributed by atoms with Gasteiger partial charge in [0.15, 0.2) is 0 Å². The van der Waals surface area contributed by atoms with Crippen LogP contribution in [0.4, 0.5) is 10.1 Å². The number of alkyl halides is 1. The first kappa shape index (κ1) is 14.6. The lowest BCUT2D eigenvalue weighted by molar-refractivity contribution is -0.115. The summed E-state index contributed by atoms with van der Waals surface area (Å²) in [6.45, 7) is 1.82. The summed E-state index contributed by atoms with van der Waals surface area (Å²) >= 11 is 3.16. The Morgan fingerprint density at radius 2 is 2.17 bits per heavy atom. The Morgan fingerprint density at radius 1 is 1.50 bits per heavy atom. The Labute approximate surface area is 113 Å². The SMILES string of the molecule is CCC(Br)C(=O)Nc1cc(C(=O)OC)ccc1F. The number of esters is 1. The van der Waals surface area contributed by atoms with Crippen LogP contribution < -0.4 is 5.32 Å². The Kier molecular flexibility index (Phi) is 5.27. The molecule has 1 atom stereocenters. The highest BCUT2D eigenvalue weighted by Crippen LogP contribution is 2.18. The number of carbonyl (C=O) groups excluding carboxylic acids is 2.